The summed E-state index contributed by atoms with van der Waals surface area (Å²) in [5, 5.41) is 15.0. The van der Waals surface area contributed by atoms with Gasteiger partial charge in [0.25, 0.3) is 5.91 Å². The summed E-state index contributed by atoms with van der Waals surface area (Å²) in [5.41, 5.74) is 2.71. The Morgan fingerprint density at radius 2 is 1.81 bits per heavy atom. The van der Waals surface area contributed by atoms with Crippen LogP contribution in [0.25, 0.3) is 11.0 Å². The van der Waals surface area contributed by atoms with Crippen molar-refractivity contribution in [1.29, 1.82) is 0 Å². The van der Waals surface area contributed by atoms with E-state index in [0.29, 0.717) is 45.9 Å². The molecule has 5 rings (SSSR count). The predicted octanol–water partition coefficient (Wildman–Crippen LogP) is 4.81. The van der Waals surface area contributed by atoms with Crippen LogP contribution in [0, 0.1) is 6.92 Å². The van der Waals surface area contributed by atoms with Gasteiger partial charge in [0.15, 0.2) is 11.6 Å². The minimum absolute atomic E-state index is 0.0761. The molecule has 0 saturated heterocycles. The Bertz CT molecular complexity index is 1550. The van der Waals surface area contributed by atoms with Crippen molar-refractivity contribution >= 4 is 28.3 Å². The molecule has 0 saturated carbocycles. The molecule has 0 aliphatic carbocycles. The van der Waals surface area contributed by atoms with Gasteiger partial charge in [-0.3, -0.25) is 9.59 Å². The minimum atomic E-state index is -0.400. The molecule has 5 aromatic rings. The van der Waals surface area contributed by atoms with Gasteiger partial charge in [0.05, 0.1) is 5.69 Å². The number of furan rings is 1. The van der Waals surface area contributed by atoms with Gasteiger partial charge in [0, 0.05) is 23.1 Å². The Hall–Kier alpha value is -4.79. The van der Waals surface area contributed by atoms with E-state index < -0.39 is 5.91 Å². The molecule has 0 unspecified atom stereocenters. The molecule has 2 heterocycles. The van der Waals surface area contributed by atoms with Gasteiger partial charge in [-0.15, -0.1) is 5.10 Å². The second kappa shape index (κ2) is 9.83. The van der Waals surface area contributed by atoms with Gasteiger partial charge in [-0.25, -0.2) is 4.68 Å². The normalized spacial score (nSPS) is 10.9. The largest absolute Gasteiger partial charge is 0.486 e. The molecule has 3 aromatic carbocycles. The Labute approximate surface area is 206 Å². The summed E-state index contributed by atoms with van der Waals surface area (Å²) in [6.07, 6.45) is 0. The molecule has 0 fully saturated rings. The number of fused-ring (bicyclic) bond motifs is 1. The van der Waals surface area contributed by atoms with E-state index in [9.17, 15) is 9.59 Å². The molecule has 1 N–H and O–H groups in total. The fraction of sp³-hybridized carbons (Fsp3) is 0.148. The van der Waals surface area contributed by atoms with Gasteiger partial charge in [-0.2, -0.15) is 0 Å². The van der Waals surface area contributed by atoms with Crippen LogP contribution in [0.4, 0.5) is 5.69 Å². The number of ketones is 1. The van der Waals surface area contributed by atoms with Gasteiger partial charge >= 0.3 is 0 Å². The molecule has 9 heteroatoms. The molecule has 0 aliphatic heterocycles. The molecule has 36 heavy (non-hydrogen) atoms. The number of hydrogen-bond donors (Lipinski definition) is 1. The van der Waals surface area contributed by atoms with Crippen LogP contribution in [-0.4, -0.2) is 31.9 Å². The van der Waals surface area contributed by atoms with Gasteiger partial charge in [-0.05, 0) is 54.6 Å². The van der Waals surface area contributed by atoms with Crippen LogP contribution in [-0.2, 0) is 13.2 Å². The van der Waals surface area contributed by atoms with Crippen LogP contribution < -0.4 is 10.1 Å². The monoisotopic (exact) mass is 481 g/mol. The van der Waals surface area contributed by atoms with Crippen LogP contribution in [0.15, 0.2) is 77.2 Å². The maximum atomic E-state index is 13.3. The number of ether oxygens (including phenoxy) is 1. The molecule has 0 atom stereocenters. The number of hydrogen-bond acceptors (Lipinski definition) is 7. The van der Waals surface area contributed by atoms with Crippen molar-refractivity contribution in [3.63, 3.8) is 0 Å². The van der Waals surface area contributed by atoms with Gasteiger partial charge in [0.2, 0.25) is 5.78 Å². The predicted molar refractivity (Wildman–Crippen MR) is 133 cm³/mol. The van der Waals surface area contributed by atoms with Crippen molar-refractivity contribution in [2.75, 3.05) is 5.32 Å². The van der Waals surface area contributed by atoms with E-state index in [2.05, 4.69) is 20.8 Å². The Balaban J connectivity index is 1.41. The Morgan fingerprint density at radius 1 is 1.00 bits per heavy atom. The number of aromatic nitrogens is 4. The lowest BCUT2D eigenvalue weighted by Crippen LogP contribution is -2.14. The number of para-hydroxylation sites is 1. The number of tetrazole rings is 1. The van der Waals surface area contributed by atoms with Crippen LogP contribution in [0.1, 0.15) is 44.8 Å². The van der Waals surface area contributed by atoms with Crippen molar-refractivity contribution < 1.29 is 18.7 Å². The third kappa shape index (κ3) is 4.58. The topological polar surface area (TPSA) is 112 Å². The molecule has 9 nitrogen and oxygen atoms in total. The third-order valence-electron chi connectivity index (χ3n) is 5.72. The Kier molecular flexibility index (Phi) is 6.27. The van der Waals surface area contributed by atoms with Gasteiger partial charge in [0.1, 0.15) is 17.9 Å². The van der Waals surface area contributed by atoms with E-state index in [-0.39, 0.29) is 18.2 Å². The van der Waals surface area contributed by atoms with Crippen molar-refractivity contribution in [3.8, 4) is 5.75 Å². The van der Waals surface area contributed by atoms with Crippen molar-refractivity contribution in [2.45, 2.75) is 27.0 Å². The number of rotatable bonds is 8. The number of carbonyl (C=O) groups is 2. The summed E-state index contributed by atoms with van der Waals surface area (Å²) >= 11 is 0. The molecule has 2 aromatic heterocycles. The highest BCUT2D eigenvalue weighted by atomic mass is 16.5. The molecule has 1 amide bonds. The summed E-state index contributed by atoms with van der Waals surface area (Å²) in [6.45, 7) is 4.66. The number of nitrogens with one attached hydrogen (secondary N) is 1. The summed E-state index contributed by atoms with van der Waals surface area (Å²) in [6, 6.07) is 21.2. The summed E-state index contributed by atoms with van der Waals surface area (Å²) < 4.78 is 13.3. The quantitative estimate of drug-likeness (QED) is 0.317. The summed E-state index contributed by atoms with van der Waals surface area (Å²) in [7, 11) is 0. The molecule has 0 radical (unpaired) electrons. The molecular formula is C27H23N5O4. The maximum Gasteiger partial charge on any atom is 0.255 e. The second-order valence-electron chi connectivity index (χ2n) is 8.18. The number of carbonyl (C=O) groups excluding carboxylic acids is 2. The first-order chi connectivity index (χ1) is 17.5. The highest BCUT2D eigenvalue weighted by Crippen LogP contribution is 2.33. The standard InChI is InChI=1S/C27H23N5O4/c1-3-32-23(29-30-31-32)16-35-20-8-6-7-19(15-20)27(34)28-24-21-9-4-5-10-22(21)36-26(24)25(33)18-13-11-17(2)12-14-18/h4-15H,3,16H2,1-2H3,(H,28,34). The van der Waals surface area contributed by atoms with Crippen molar-refractivity contribution in [2.24, 2.45) is 0 Å². The first-order valence-corrected chi connectivity index (χ1v) is 11.5. The molecule has 0 aliphatic rings. The average molecular weight is 482 g/mol. The van der Waals surface area contributed by atoms with E-state index >= 15 is 0 Å². The van der Waals surface area contributed by atoms with E-state index in [1.165, 1.54) is 0 Å². The molecule has 0 spiro atoms. The lowest BCUT2D eigenvalue weighted by molar-refractivity contribution is 0.101. The van der Waals surface area contributed by atoms with E-state index in [1.54, 1.807) is 53.2 Å². The Morgan fingerprint density at radius 3 is 2.61 bits per heavy atom. The second-order valence-corrected chi connectivity index (χ2v) is 8.18. The smallest absolute Gasteiger partial charge is 0.255 e. The first-order valence-electron chi connectivity index (χ1n) is 11.5. The minimum Gasteiger partial charge on any atom is -0.486 e. The van der Waals surface area contributed by atoms with Crippen molar-refractivity contribution in [3.05, 3.63) is 101 Å². The zero-order chi connectivity index (χ0) is 25.1. The average Bonchev–Trinajstić information content (AvgIpc) is 3.52. The lowest BCUT2D eigenvalue weighted by atomic mass is 10.1. The highest BCUT2D eigenvalue weighted by Gasteiger charge is 2.24. The highest BCUT2D eigenvalue weighted by molar-refractivity contribution is 6.18. The SMILES string of the molecule is CCn1nnnc1COc1cccc(C(=O)Nc2c(C(=O)c3ccc(C)cc3)oc3ccccc23)c1. The zero-order valence-electron chi connectivity index (χ0n) is 19.8. The number of amides is 1. The van der Waals surface area contributed by atoms with Gasteiger partial charge < -0.3 is 14.5 Å². The van der Waals surface area contributed by atoms with Crippen LogP contribution in [0.2, 0.25) is 0 Å². The molecule has 180 valence electrons. The van der Waals surface area contributed by atoms with Crippen LogP contribution >= 0.6 is 0 Å². The molecule has 0 bridgehead atoms. The fourth-order valence-electron chi connectivity index (χ4n) is 3.80. The van der Waals surface area contributed by atoms with Crippen LogP contribution in [0.5, 0.6) is 5.75 Å². The molecular weight excluding hydrogens is 458 g/mol. The van der Waals surface area contributed by atoms with Gasteiger partial charge in [-0.1, -0.05) is 48.0 Å². The van der Waals surface area contributed by atoms with E-state index in [4.69, 9.17) is 9.15 Å². The van der Waals surface area contributed by atoms with E-state index in [1.807, 2.05) is 38.1 Å². The van der Waals surface area contributed by atoms with E-state index in [0.717, 1.165) is 5.56 Å². The number of nitrogens with zero attached hydrogens (tertiary/aromatic N) is 4. The fourth-order valence-corrected chi connectivity index (χ4v) is 3.80. The number of benzene rings is 3. The number of aryl methyl sites for hydroxylation is 2. The zero-order valence-corrected chi connectivity index (χ0v) is 19.8. The van der Waals surface area contributed by atoms with Crippen LogP contribution in [0.3, 0.4) is 0 Å². The maximum absolute atomic E-state index is 13.3. The summed E-state index contributed by atoms with van der Waals surface area (Å²) in [5.74, 6) is 0.431. The van der Waals surface area contributed by atoms with Crippen molar-refractivity contribution in [1.82, 2.24) is 20.2 Å². The third-order valence-corrected chi connectivity index (χ3v) is 5.72. The number of anilines is 1. The first kappa shape index (κ1) is 23.0. The lowest BCUT2D eigenvalue weighted by Gasteiger charge is -2.09. The summed E-state index contributed by atoms with van der Waals surface area (Å²) in [4.78, 5) is 26.5.